The van der Waals surface area contributed by atoms with Gasteiger partial charge in [-0.3, -0.25) is 4.79 Å². The maximum Gasteiger partial charge on any atom is 0.182 e. The molecule has 2 heterocycles. The van der Waals surface area contributed by atoms with Crippen LogP contribution in [0.15, 0.2) is 48.7 Å². The van der Waals surface area contributed by atoms with Crippen molar-refractivity contribution in [3.05, 3.63) is 54.2 Å². The van der Waals surface area contributed by atoms with E-state index in [0.29, 0.717) is 17.0 Å². The van der Waals surface area contributed by atoms with Gasteiger partial charge in [-0.25, -0.2) is 9.50 Å². The molecule has 4 nitrogen and oxygen atoms in total. The van der Waals surface area contributed by atoms with E-state index in [1.54, 1.807) is 22.8 Å². The van der Waals surface area contributed by atoms with E-state index in [-0.39, 0.29) is 0 Å². The van der Waals surface area contributed by atoms with Crippen molar-refractivity contribution in [2.24, 2.45) is 0 Å². The first-order chi connectivity index (χ1) is 8.38. The van der Waals surface area contributed by atoms with Gasteiger partial charge < -0.3 is 0 Å². The van der Waals surface area contributed by atoms with E-state index in [1.165, 1.54) is 0 Å². The summed E-state index contributed by atoms with van der Waals surface area (Å²) in [5.41, 5.74) is 2.07. The maximum absolute atomic E-state index is 10.9. The highest BCUT2D eigenvalue weighted by Crippen LogP contribution is 2.16. The Bertz CT molecular complexity index is 673. The number of carbonyl (C=O) groups is 1. The smallest absolute Gasteiger partial charge is 0.182 e. The van der Waals surface area contributed by atoms with Crippen LogP contribution < -0.4 is 0 Å². The van der Waals surface area contributed by atoms with Gasteiger partial charge in [0, 0.05) is 11.8 Å². The van der Waals surface area contributed by atoms with Crippen molar-refractivity contribution >= 4 is 11.9 Å². The van der Waals surface area contributed by atoms with E-state index in [4.69, 9.17) is 0 Å². The minimum Gasteiger partial charge on any atom is -0.298 e. The van der Waals surface area contributed by atoms with Crippen molar-refractivity contribution in [1.82, 2.24) is 14.6 Å². The molecule has 0 radical (unpaired) electrons. The van der Waals surface area contributed by atoms with Crippen LogP contribution in [0.2, 0.25) is 0 Å². The lowest BCUT2D eigenvalue weighted by atomic mass is 10.2. The molecule has 2 aromatic heterocycles. The van der Waals surface area contributed by atoms with Gasteiger partial charge in [-0.2, -0.15) is 0 Å². The molecule has 3 aromatic rings. The zero-order valence-corrected chi connectivity index (χ0v) is 8.95. The molecule has 0 bridgehead atoms. The molecule has 1 aromatic carbocycles. The first kappa shape index (κ1) is 9.72. The third-order valence-electron chi connectivity index (χ3n) is 2.55. The number of pyridine rings is 1. The van der Waals surface area contributed by atoms with Gasteiger partial charge in [0.2, 0.25) is 0 Å². The summed E-state index contributed by atoms with van der Waals surface area (Å²) < 4.78 is 1.62. The Kier molecular flexibility index (Phi) is 2.19. The third kappa shape index (κ3) is 1.59. The van der Waals surface area contributed by atoms with Gasteiger partial charge in [0.25, 0.3) is 0 Å². The fourth-order valence-corrected chi connectivity index (χ4v) is 1.73. The topological polar surface area (TPSA) is 47.3 Å². The number of fused-ring (bicyclic) bond motifs is 1. The van der Waals surface area contributed by atoms with Crippen molar-refractivity contribution < 1.29 is 4.79 Å². The molecule has 0 fully saturated rings. The summed E-state index contributed by atoms with van der Waals surface area (Å²) in [5, 5.41) is 4.34. The molecule has 0 aliphatic rings. The predicted octanol–water partition coefficient (Wildman–Crippen LogP) is 2.21. The normalized spacial score (nSPS) is 10.6. The molecule has 0 aliphatic carbocycles. The van der Waals surface area contributed by atoms with E-state index in [2.05, 4.69) is 10.1 Å². The highest BCUT2D eigenvalue weighted by molar-refractivity contribution is 5.84. The van der Waals surface area contributed by atoms with Gasteiger partial charge in [-0.05, 0) is 12.1 Å². The summed E-state index contributed by atoms with van der Waals surface area (Å²) in [6.07, 6.45) is 2.57. The summed E-state index contributed by atoms with van der Waals surface area (Å²) in [5.74, 6) is 0.625. The Balaban J connectivity index is 2.24. The lowest BCUT2D eigenvalue weighted by Gasteiger charge is -1.91. The van der Waals surface area contributed by atoms with Crippen LogP contribution in [-0.4, -0.2) is 20.9 Å². The van der Waals surface area contributed by atoms with Gasteiger partial charge in [-0.15, -0.1) is 5.10 Å². The van der Waals surface area contributed by atoms with Gasteiger partial charge >= 0.3 is 0 Å². The molecule has 82 valence electrons. The number of rotatable bonds is 2. The molecule has 0 saturated heterocycles. The highest BCUT2D eigenvalue weighted by atomic mass is 16.1. The summed E-state index contributed by atoms with van der Waals surface area (Å²) in [4.78, 5) is 15.3. The molecular weight excluding hydrogens is 214 g/mol. The largest absolute Gasteiger partial charge is 0.298 e. The second-order valence-corrected chi connectivity index (χ2v) is 3.65. The molecular formula is C13H9N3O. The van der Waals surface area contributed by atoms with Crippen LogP contribution in [0, 0.1) is 0 Å². The van der Waals surface area contributed by atoms with E-state index < -0.39 is 0 Å². The number of hydrogen-bond donors (Lipinski definition) is 0. The Morgan fingerprint density at radius 1 is 1.06 bits per heavy atom. The molecule has 0 aliphatic heterocycles. The van der Waals surface area contributed by atoms with Gasteiger partial charge in [0.05, 0.1) is 5.56 Å². The molecule has 4 heteroatoms. The molecule has 0 N–H and O–H groups in total. The van der Waals surface area contributed by atoms with E-state index in [9.17, 15) is 4.79 Å². The van der Waals surface area contributed by atoms with Crippen LogP contribution in [0.25, 0.3) is 17.0 Å². The van der Waals surface area contributed by atoms with E-state index >= 15 is 0 Å². The Morgan fingerprint density at radius 2 is 1.88 bits per heavy atom. The summed E-state index contributed by atoms with van der Waals surface area (Å²) >= 11 is 0. The fraction of sp³-hybridized carbons (Fsp3) is 0. The van der Waals surface area contributed by atoms with Gasteiger partial charge in [-0.1, -0.05) is 30.3 Å². The number of carbonyl (C=O) groups excluding carboxylic acids is 1. The van der Waals surface area contributed by atoms with E-state index in [1.807, 2.05) is 30.3 Å². The Morgan fingerprint density at radius 3 is 2.65 bits per heavy atom. The molecule has 3 rings (SSSR count). The average Bonchev–Trinajstić information content (AvgIpc) is 2.83. The number of benzene rings is 1. The molecule has 0 amide bonds. The molecule has 0 unspecified atom stereocenters. The Labute approximate surface area is 97.5 Å². The molecule has 17 heavy (non-hydrogen) atoms. The van der Waals surface area contributed by atoms with E-state index in [0.717, 1.165) is 11.8 Å². The van der Waals surface area contributed by atoms with Crippen LogP contribution in [0.3, 0.4) is 0 Å². The van der Waals surface area contributed by atoms with Crippen LogP contribution in [-0.2, 0) is 0 Å². The zero-order valence-electron chi connectivity index (χ0n) is 8.95. The SMILES string of the molecule is O=Cc1cccn2nc(-c3ccccc3)nc12. The Hall–Kier alpha value is -2.49. The van der Waals surface area contributed by atoms with Crippen molar-refractivity contribution in [2.75, 3.05) is 0 Å². The van der Waals surface area contributed by atoms with Crippen LogP contribution in [0.1, 0.15) is 10.4 Å². The highest BCUT2D eigenvalue weighted by Gasteiger charge is 2.08. The van der Waals surface area contributed by atoms with Crippen LogP contribution in [0.5, 0.6) is 0 Å². The predicted molar refractivity (Wildman–Crippen MR) is 63.8 cm³/mol. The summed E-state index contributed by atoms with van der Waals surface area (Å²) in [6, 6.07) is 13.2. The molecule has 0 saturated carbocycles. The standard InChI is InChI=1S/C13H9N3O/c17-9-11-7-4-8-16-13(11)14-12(15-16)10-5-2-1-3-6-10/h1-9H. The zero-order chi connectivity index (χ0) is 11.7. The maximum atomic E-state index is 10.9. The van der Waals surface area contributed by atoms with Crippen LogP contribution in [0.4, 0.5) is 0 Å². The van der Waals surface area contributed by atoms with Crippen molar-refractivity contribution in [3.8, 4) is 11.4 Å². The number of aldehydes is 1. The third-order valence-corrected chi connectivity index (χ3v) is 2.55. The lowest BCUT2D eigenvalue weighted by molar-refractivity contribution is 0.112. The monoisotopic (exact) mass is 223 g/mol. The van der Waals surface area contributed by atoms with Crippen molar-refractivity contribution in [3.63, 3.8) is 0 Å². The van der Waals surface area contributed by atoms with Crippen molar-refractivity contribution in [1.29, 1.82) is 0 Å². The quantitative estimate of drug-likeness (QED) is 0.626. The lowest BCUT2D eigenvalue weighted by Crippen LogP contribution is -1.90. The number of hydrogen-bond acceptors (Lipinski definition) is 3. The average molecular weight is 223 g/mol. The molecule has 0 spiro atoms. The first-order valence-electron chi connectivity index (χ1n) is 5.24. The summed E-state index contributed by atoms with van der Waals surface area (Å²) in [6.45, 7) is 0. The minimum absolute atomic E-state index is 0.544. The second-order valence-electron chi connectivity index (χ2n) is 3.65. The summed E-state index contributed by atoms with van der Waals surface area (Å²) in [7, 11) is 0. The van der Waals surface area contributed by atoms with Crippen LogP contribution >= 0.6 is 0 Å². The number of nitrogens with zero attached hydrogens (tertiary/aromatic N) is 3. The van der Waals surface area contributed by atoms with Gasteiger partial charge in [0.1, 0.15) is 0 Å². The fourth-order valence-electron chi connectivity index (χ4n) is 1.73. The first-order valence-corrected chi connectivity index (χ1v) is 5.24. The minimum atomic E-state index is 0.544. The second kappa shape index (κ2) is 3.83. The van der Waals surface area contributed by atoms with Crippen molar-refractivity contribution in [2.45, 2.75) is 0 Å². The number of aromatic nitrogens is 3. The van der Waals surface area contributed by atoms with Gasteiger partial charge in [0.15, 0.2) is 17.8 Å². The molecule has 0 atom stereocenters.